The number of rotatable bonds is 0. The topological polar surface area (TPSA) is 17.3 Å². The third-order valence-electron chi connectivity index (χ3n) is 1.85. The highest BCUT2D eigenvalue weighted by Crippen LogP contribution is 2.10. The van der Waals surface area contributed by atoms with Gasteiger partial charge in [0.1, 0.15) is 11.5 Å². The van der Waals surface area contributed by atoms with Crippen LogP contribution >= 0.6 is 0 Å². The minimum Gasteiger partial charge on any atom is -0.306 e. The second-order valence-electron chi connectivity index (χ2n) is 2.95. The van der Waals surface area contributed by atoms with Gasteiger partial charge in [0.2, 0.25) is 0 Å². The van der Waals surface area contributed by atoms with Crippen molar-refractivity contribution in [1.29, 1.82) is 0 Å². The molecular weight excluding hydrogens is 179 g/mol. The number of halogens is 1. The van der Waals surface area contributed by atoms with E-state index < -0.39 is 0 Å². The zero-order valence-electron chi connectivity index (χ0n) is 9.00. The zero-order chi connectivity index (χ0) is 10.7. The molecular formula is C11H15FN2. The van der Waals surface area contributed by atoms with Crippen LogP contribution in [0.5, 0.6) is 0 Å². The summed E-state index contributed by atoms with van der Waals surface area (Å²) < 4.78 is 14.8. The Labute approximate surface area is 83.4 Å². The van der Waals surface area contributed by atoms with E-state index in [-0.39, 0.29) is 5.82 Å². The molecule has 0 spiro atoms. The van der Waals surface area contributed by atoms with Crippen molar-refractivity contribution in [2.75, 3.05) is 0 Å². The Kier molecular flexibility index (Phi) is 3.23. The molecule has 3 heteroatoms. The van der Waals surface area contributed by atoms with Crippen LogP contribution in [0.3, 0.4) is 0 Å². The summed E-state index contributed by atoms with van der Waals surface area (Å²) in [5, 5.41) is 0. The van der Waals surface area contributed by atoms with Gasteiger partial charge in [-0.15, -0.1) is 0 Å². The van der Waals surface area contributed by atoms with Gasteiger partial charge < -0.3 is 4.40 Å². The van der Waals surface area contributed by atoms with E-state index in [4.69, 9.17) is 0 Å². The Morgan fingerprint density at radius 2 is 1.86 bits per heavy atom. The summed E-state index contributed by atoms with van der Waals surface area (Å²) in [5.74, 6) is -0.201. The lowest BCUT2D eigenvalue weighted by Crippen LogP contribution is -1.88. The molecule has 2 aromatic rings. The van der Waals surface area contributed by atoms with Gasteiger partial charge in [-0.3, -0.25) is 0 Å². The van der Waals surface area contributed by atoms with Gasteiger partial charge in [-0.25, -0.2) is 9.37 Å². The number of hydrogen-bond donors (Lipinski definition) is 0. The molecule has 0 aromatic carbocycles. The molecule has 0 aliphatic heterocycles. The highest BCUT2D eigenvalue weighted by Gasteiger charge is 2.01. The predicted octanol–water partition coefficient (Wildman–Crippen LogP) is 3.12. The third-order valence-corrected chi connectivity index (χ3v) is 1.85. The Morgan fingerprint density at radius 3 is 2.50 bits per heavy atom. The van der Waals surface area contributed by atoms with E-state index in [2.05, 4.69) is 4.98 Å². The first kappa shape index (κ1) is 10.7. The highest BCUT2D eigenvalue weighted by molar-refractivity contribution is 5.41. The van der Waals surface area contributed by atoms with Gasteiger partial charge in [-0.05, 0) is 13.8 Å². The molecule has 14 heavy (non-hydrogen) atoms. The summed E-state index contributed by atoms with van der Waals surface area (Å²) in [6.07, 6.45) is 3.62. The SMILES string of the molecule is CC.Cc1cn2cc(C)c(F)cc2n1. The van der Waals surface area contributed by atoms with Crippen LogP contribution in [0.4, 0.5) is 4.39 Å². The first-order valence-corrected chi connectivity index (χ1v) is 4.78. The molecule has 0 aliphatic rings. The fraction of sp³-hybridized carbons (Fsp3) is 0.364. The molecule has 0 radical (unpaired) electrons. The number of aromatic nitrogens is 2. The summed E-state index contributed by atoms with van der Waals surface area (Å²) >= 11 is 0. The highest BCUT2D eigenvalue weighted by atomic mass is 19.1. The van der Waals surface area contributed by atoms with Gasteiger partial charge in [0.05, 0.1) is 5.69 Å². The average Bonchev–Trinajstić information content (AvgIpc) is 2.49. The van der Waals surface area contributed by atoms with Crippen LogP contribution in [-0.4, -0.2) is 9.38 Å². The van der Waals surface area contributed by atoms with Gasteiger partial charge >= 0.3 is 0 Å². The molecule has 0 aliphatic carbocycles. The van der Waals surface area contributed by atoms with Crippen molar-refractivity contribution in [3.05, 3.63) is 35.5 Å². The molecule has 0 N–H and O–H groups in total. The molecule has 0 amide bonds. The van der Waals surface area contributed by atoms with Crippen molar-refractivity contribution >= 4 is 5.65 Å². The second-order valence-corrected chi connectivity index (χ2v) is 2.95. The third kappa shape index (κ3) is 1.92. The number of hydrogen-bond acceptors (Lipinski definition) is 1. The summed E-state index contributed by atoms with van der Waals surface area (Å²) in [7, 11) is 0. The molecule has 0 saturated heterocycles. The normalized spacial score (nSPS) is 9.79. The Hall–Kier alpha value is -1.38. The first-order valence-electron chi connectivity index (χ1n) is 4.78. The van der Waals surface area contributed by atoms with Crippen LogP contribution in [0.1, 0.15) is 25.1 Å². The van der Waals surface area contributed by atoms with E-state index in [9.17, 15) is 4.39 Å². The monoisotopic (exact) mass is 194 g/mol. The van der Waals surface area contributed by atoms with E-state index in [0.29, 0.717) is 11.2 Å². The van der Waals surface area contributed by atoms with Crippen LogP contribution in [0, 0.1) is 19.7 Å². The Morgan fingerprint density at radius 1 is 1.21 bits per heavy atom. The number of fused-ring (bicyclic) bond motifs is 1. The summed E-state index contributed by atoms with van der Waals surface area (Å²) in [6, 6.07) is 1.45. The fourth-order valence-electron chi connectivity index (χ4n) is 1.24. The lowest BCUT2D eigenvalue weighted by atomic mass is 10.3. The van der Waals surface area contributed by atoms with E-state index in [1.807, 2.05) is 31.4 Å². The minimum absolute atomic E-state index is 0.201. The van der Waals surface area contributed by atoms with Gasteiger partial charge in [0, 0.05) is 24.0 Å². The molecule has 0 saturated carbocycles. The lowest BCUT2D eigenvalue weighted by molar-refractivity contribution is 0.616. The van der Waals surface area contributed by atoms with Gasteiger partial charge in [0.25, 0.3) is 0 Å². The predicted molar refractivity (Wildman–Crippen MR) is 56.0 cm³/mol. The van der Waals surface area contributed by atoms with Gasteiger partial charge in [-0.1, -0.05) is 13.8 Å². The molecule has 2 rings (SSSR count). The number of aryl methyl sites for hydroxylation is 2. The van der Waals surface area contributed by atoms with E-state index in [1.165, 1.54) is 6.07 Å². The maximum absolute atomic E-state index is 13.0. The van der Waals surface area contributed by atoms with Crippen molar-refractivity contribution in [3.63, 3.8) is 0 Å². The number of nitrogens with zero attached hydrogens (tertiary/aromatic N) is 2. The van der Waals surface area contributed by atoms with Crippen molar-refractivity contribution in [2.24, 2.45) is 0 Å². The Bertz CT molecular complexity index is 393. The quantitative estimate of drug-likeness (QED) is 0.629. The molecule has 2 heterocycles. The molecule has 0 unspecified atom stereocenters. The largest absolute Gasteiger partial charge is 0.306 e. The average molecular weight is 194 g/mol. The smallest absolute Gasteiger partial charge is 0.139 e. The van der Waals surface area contributed by atoms with Crippen LogP contribution < -0.4 is 0 Å². The van der Waals surface area contributed by atoms with Gasteiger partial charge in [-0.2, -0.15) is 0 Å². The molecule has 0 atom stereocenters. The second kappa shape index (κ2) is 4.22. The van der Waals surface area contributed by atoms with Crippen molar-refractivity contribution < 1.29 is 4.39 Å². The summed E-state index contributed by atoms with van der Waals surface area (Å²) in [4.78, 5) is 4.14. The maximum Gasteiger partial charge on any atom is 0.139 e. The summed E-state index contributed by atoms with van der Waals surface area (Å²) in [5.41, 5.74) is 2.20. The molecule has 2 nitrogen and oxygen atoms in total. The van der Waals surface area contributed by atoms with E-state index >= 15 is 0 Å². The zero-order valence-corrected chi connectivity index (χ0v) is 9.00. The standard InChI is InChI=1S/C9H9FN2.C2H6/c1-6-4-12-5-7(2)11-9(12)3-8(6)10;1-2/h3-5H,1-2H3;1-2H3. The molecule has 0 bridgehead atoms. The minimum atomic E-state index is -0.201. The number of imidazole rings is 1. The van der Waals surface area contributed by atoms with E-state index in [0.717, 1.165) is 5.69 Å². The Balaban J connectivity index is 0.000000461. The van der Waals surface area contributed by atoms with Crippen LogP contribution in [0.2, 0.25) is 0 Å². The maximum atomic E-state index is 13.0. The van der Waals surface area contributed by atoms with E-state index in [1.54, 1.807) is 13.1 Å². The first-order chi connectivity index (χ1) is 6.66. The van der Waals surface area contributed by atoms with Crippen molar-refractivity contribution in [1.82, 2.24) is 9.38 Å². The van der Waals surface area contributed by atoms with Crippen LogP contribution in [0.25, 0.3) is 5.65 Å². The summed E-state index contributed by atoms with van der Waals surface area (Å²) in [6.45, 7) is 7.63. The van der Waals surface area contributed by atoms with Crippen molar-refractivity contribution in [2.45, 2.75) is 27.7 Å². The molecule has 2 aromatic heterocycles. The van der Waals surface area contributed by atoms with Crippen LogP contribution in [0.15, 0.2) is 18.5 Å². The fourth-order valence-corrected chi connectivity index (χ4v) is 1.24. The van der Waals surface area contributed by atoms with Crippen molar-refractivity contribution in [3.8, 4) is 0 Å². The number of pyridine rings is 1. The lowest BCUT2D eigenvalue weighted by Gasteiger charge is -1.96. The molecule has 76 valence electrons. The molecule has 0 fully saturated rings. The van der Waals surface area contributed by atoms with Gasteiger partial charge in [0.15, 0.2) is 0 Å². The van der Waals surface area contributed by atoms with Crippen LogP contribution in [-0.2, 0) is 0 Å².